The minimum atomic E-state index is -0.280. The van der Waals surface area contributed by atoms with Gasteiger partial charge in [0.1, 0.15) is 5.82 Å². The third kappa shape index (κ3) is 5.80. The first-order chi connectivity index (χ1) is 15.2. The first-order valence-corrected chi connectivity index (χ1v) is 11.4. The first kappa shape index (κ1) is 24.5. The molecule has 0 aromatic heterocycles. The molecule has 1 aliphatic rings. The first-order valence-electron chi connectivity index (χ1n) is 10.6. The highest BCUT2D eigenvalue weighted by Crippen LogP contribution is 2.39. The Labute approximate surface area is 198 Å². The molecule has 2 aromatic rings. The Kier molecular flexibility index (Phi) is 8.15. The van der Waals surface area contributed by atoms with Gasteiger partial charge in [-0.1, -0.05) is 48.3 Å². The molecule has 0 bridgehead atoms. The van der Waals surface area contributed by atoms with Crippen LogP contribution in [0.15, 0.2) is 36.4 Å². The summed E-state index contributed by atoms with van der Waals surface area (Å²) in [5.41, 5.74) is 1.36. The molecule has 1 N–H and O–H groups in total. The maximum atomic E-state index is 14.2. The fraction of sp³-hybridized carbons (Fsp3) is 0.417. The van der Waals surface area contributed by atoms with Crippen molar-refractivity contribution in [3.05, 3.63) is 63.4 Å². The molecule has 0 saturated carbocycles. The van der Waals surface area contributed by atoms with E-state index in [1.807, 2.05) is 32.0 Å². The lowest BCUT2D eigenvalue weighted by atomic mass is 9.85. The van der Waals surface area contributed by atoms with Crippen LogP contribution < -0.4 is 10.2 Å². The number of rotatable bonds is 7. The standard InChI is InChI=1S/C24H28Cl2FN3O2/c1-15-10-16(11-17-6-4-5-7-21(17)27)14-30(24(15)32)22-19(25)12-18(13-20(22)26)23(31)28-8-9-29(2)3/h4-7,12-13,15-16H,8-11,14H2,1-3H3,(H,28,31)/t15-,16-/m1/s1. The smallest absolute Gasteiger partial charge is 0.251 e. The Hall–Kier alpha value is -2.15. The third-order valence-electron chi connectivity index (χ3n) is 5.68. The quantitative estimate of drug-likeness (QED) is 0.628. The van der Waals surface area contributed by atoms with Gasteiger partial charge in [0.2, 0.25) is 5.91 Å². The number of anilines is 1. The van der Waals surface area contributed by atoms with Crippen molar-refractivity contribution in [2.75, 3.05) is 38.6 Å². The number of hydrogen-bond donors (Lipinski definition) is 1. The minimum Gasteiger partial charge on any atom is -0.351 e. The van der Waals surface area contributed by atoms with Gasteiger partial charge < -0.3 is 15.1 Å². The van der Waals surface area contributed by atoms with Gasteiger partial charge in [0, 0.05) is 31.1 Å². The van der Waals surface area contributed by atoms with Gasteiger partial charge in [-0.3, -0.25) is 9.59 Å². The maximum Gasteiger partial charge on any atom is 0.251 e. The molecule has 1 heterocycles. The number of carbonyl (C=O) groups is 2. The van der Waals surface area contributed by atoms with E-state index in [0.717, 1.165) is 0 Å². The number of nitrogens with zero attached hydrogens (tertiary/aromatic N) is 2. The van der Waals surface area contributed by atoms with Crippen molar-refractivity contribution < 1.29 is 14.0 Å². The second-order valence-corrected chi connectivity index (χ2v) is 9.41. The Morgan fingerprint density at radius 3 is 2.50 bits per heavy atom. The van der Waals surface area contributed by atoms with Crippen LogP contribution in [0.5, 0.6) is 0 Å². The molecule has 2 amide bonds. The SMILES string of the molecule is C[C@@H]1C[C@H](Cc2ccccc2F)CN(c2c(Cl)cc(C(=O)NCCN(C)C)cc2Cl)C1=O. The molecule has 0 aliphatic carbocycles. The summed E-state index contributed by atoms with van der Waals surface area (Å²) in [4.78, 5) is 29.0. The highest BCUT2D eigenvalue weighted by Gasteiger charge is 2.35. The summed E-state index contributed by atoms with van der Waals surface area (Å²) in [6.45, 7) is 3.43. The molecule has 1 fully saturated rings. The highest BCUT2D eigenvalue weighted by molar-refractivity contribution is 6.40. The fourth-order valence-corrected chi connectivity index (χ4v) is 4.75. The van der Waals surface area contributed by atoms with Gasteiger partial charge in [-0.15, -0.1) is 0 Å². The molecule has 0 spiro atoms. The lowest BCUT2D eigenvalue weighted by Gasteiger charge is -2.37. The molecule has 5 nitrogen and oxygen atoms in total. The second-order valence-electron chi connectivity index (χ2n) is 8.59. The molecule has 0 radical (unpaired) electrons. The summed E-state index contributed by atoms with van der Waals surface area (Å²) >= 11 is 13.0. The average Bonchev–Trinajstić information content (AvgIpc) is 2.72. The fourth-order valence-electron chi connectivity index (χ4n) is 4.06. The molecule has 1 saturated heterocycles. The van der Waals surface area contributed by atoms with Crippen LogP contribution in [0, 0.1) is 17.7 Å². The van der Waals surface area contributed by atoms with Crippen molar-refractivity contribution in [3.8, 4) is 0 Å². The normalized spacial score (nSPS) is 18.8. The van der Waals surface area contributed by atoms with Crippen molar-refractivity contribution >= 4 is 40.7 Å². The molecular formula is C24H28Cl2FN3O2. The van der Waals surface area contributed by atoms with Crippen LogP contribution in [0.2, 0.25) is 10.0 Å². The van der Waals surface area contributed by atoms with Crippen molar-refractivity contribution in [3.63, 3.8) is 0 Å². The summed E-state index contributed by atoms with van der Waals surface area (Å²) in [5.74, 6) is -0.800. The topological polar surface area (TPSA) is 52.7 Å². The Bertz CT molecular complexity index is 976. The summed E-state index contributed by atoms with van der Waals surface area (Å²) in [6.07, 6.45) is 1.17. The Balaban J connectivity index is 1.81. The zero-order valence-corrected chi connectivity index (χ0v) is 20.0. The van der Waals surface area contributed by atoms with Crippen molar-refractivity contribution in [1.29, 1.82) is 0 Å². The van der Waals surface area contributed by atoms with Gasteiger partial charge in [-0.25, -0.2) is 4.39 Å². The van der Waals surface area contributed by atoms with E-state index in [9.17, 15) is 14.0 Å². The molecule has 2 aromatic carbocycles. The van der Waals surface area contributed by atoms with Crippen molar-refractivity contribution in [2.24, 2.45) is 11.8 Å². The lowest BCUT2D eigenvalue weighted by Crippen LogP contribution is -2.45. The van der Waals surface area contributed by atoms with E-state index in [-0.39, 0.29) is 39.5 Å². The van der Waals surface area contributed by atoms with Gasteiger partial charge in [-0.2, -0.15) is 0 Å². The van der Waals surface area contributed by atoms with E-state index >= 15 is 0 Å². The molecule has 32 heavy (non-hydrogen) atoms. The van der Waals surface area contributed by atoms with Crippen LogP contribution in [-0.4, -0.2) is 50.4 Å². The molecule has 3 rings (SSSR count). The number of hydrogen-bond acceptors (Lipinski definition) is 3. The van der Waals surface area contributed by atoms with Crippen LogP contribution in [0.3, 0.4) is 0 Å². The van der Waals surface area contributed by atoms with Crippen LogP contribution in [-0.2, 0) is 11.2 Å². The number of amides is 2. The van der Waals surface area contributed by atoms with Crippen molar-refractivity contribution in [2.45, 2.75) is 19.8 Å². The van der Waals surface area contributed by atoms with E-state index in [4.69, 9.17) is 23.2 Å². The van der Waals surface area contributed by atoms with Gasteiger partial charge >= 0.3 is 0 Å². The van der Waals surface area contributed by atoms with E-state index in [1.165, 1.54) is 18.2 Å². The maximum absolute atomic E-state index is 14.2. The number of benzene rings is 2. The summed E-state index contributed by atoms with van der Waals surface area (Å²) in [7, 11) is 3.84. The monoisotopic (exact) mass is 479 g/mol. The molecule has 0 unspecified atom stereocenters. The van der Waals surface area contributed by atoms with Crippen molar-refractivity contribution in [1.82, 2.24) is 10.2 Å². The van der Waals surface area contributed by atoms with E-state index in [0.29, 0.717) is 49.3 Å². The summed E-state index contributed by atoms with van der Waals surface area (Å²) < 4.78 is 14.2. The number of piperidine rings is 1. The van der Waals surface area contributed by atoms with E-state index in [1.54, 1.807) is 17.0 Å². The van der Waals surface area contributed by atoms with Gasteiger partial charge in [0.25, 0.3) is 5.91 Å². The predicted octanol–water partition coefficient (Wildman–Crippen LogP) is 4.66. The molecule has 8 heteroatoms. The molecule has 2 atom stereocenters. The zero-order valence-electron chi connectivity index (χ0n) is 18.5. The van der Waals surface area contributed by atoms with Gasteiger partial charge in [0.05, 0.1) is 15.7 Å². The van der Waals surface area contributed by atoms with E-state index < -0.39 is 0 Å². The Morgan fingerprint density at radius 1 is 1.22 bits per heavy atom. The number of halogens is 3. The third-order valence-corrected chi connectivity index (χ3v) is 6.25. The van der Waals surface area contributed by atoms with Crippen LogP contribution in [0.25, 0.3) is 0 Å². The number of likely N-dealkylation sites (N-methyl/N-ethyl adjacent to an activating group) is 1. The molecular weight excluding hydrogens is 452 g/mol. The molecule has 1 aliphatic heterocycles. The minimum absolute atomic E-state index is 0.0562. The van der Waals surface area contributed by atoms with Crippen LogP contribution in [0.1, 0.15) is 29.3 Å². The number of nitrogens with one attached hydrogen (secondary N) is 1. The Morgan fingerprint density at radius 2 is 1.88 bits per heavy atom. The summed E-state index contributed by atoms with van der Waals surface area (Å²) in [5, 5.41) is 3.30. The summed E-state index contributed by atoms with van der Waals surface area (Å²) in [6, 6.07) is 9.75. The van der Waals surface area contributed by atoms with Crippen LogP contribution >= 0.6 is 23.2 Å². The van der Waals surface area contributed by atoms with Gasteiger partial charge in [-0.05, 0) is 56.6 Å². The predicted molar refractivity (Wildman–Crippen MR) is 127 cm³/mol. The van der Waals surface area contributed by atoms with Crippen LogP contribution in [0.4, 0.5) is 10.1 Å². The molecule has 172 valence electrons. The number of carbonyl (C=O) groups excluding carboxylic acids is 2. The second kappa shape index (κ2) is 10.6. The lowest BCUT2D eigenvalue weighted by molar-refractivity contribution is -0.124. The average molecular weight is 480 g/mol. The largest absolute Gasteiger partial charge is 0.351 e. The van der Waals surface area contributed by atoms with E-state index in [2.05, 4.69) is 5.32 Å². The highest BCUT2D eigenvalue weighted by atomic mass is 35.5. The van der Waals surface area contributed by atoms with Gasteiger partial charge in [0.15, 0.2) is 0 Å². The zero-order chi connectivity index (χ0) is 23.4.